The minimum absolute atomic E-state index is 0.0151. The van der Waals surface area contributed by atoms with Gasteiger partial charge in [0.15, 0.2) is 6.17 Å². The Morgan fingerprint density at radius 1 is 1.20 bits per heavy atom. The first-order valence-electron chi connectivity index (χ1n) is 11.3. The van der Waals surface area contributed by atoms with Gasteiger partial charge < -0.3 is 16.0 Å². The fraction of sp³-hybridized carbons (Fsp3) is 0.500. The van der Waals surface area contributed by atoms with Gasteiger partial charge in [0.05, 0.1) is 5.69 Å². The van der Waals surface area contributed by atoms with E-state index in [1.54, 1.807) is 0 Å². The minimum Gasteiger partial charge on any atom is -0.350 e. The van der Waals surface area contributed by atoms with Crippen molar-refractivity contribution < 1.29 is 22.4 Å². The van der Waals surface area contributed by atoms with Crippen LogP contribution < -0.4 is 11.1 Å². The third-order valence-corrected chi connectivity index (χ3v) is 9.03. The van der Waals surface area contributed by atoms with Crippen LogP contribution in [0.4, 0.5) is 4.39 Å². The van der Waals surface area contributed by atoms with E-state index in [1.807, 2.05) is 0 Å². The van der Waals surface area contributed by atoms with Gasteiger partial charge in [-0.15, -0.1) is 0 Å². The van der Waals surface area contributed by atoms with E-state index in [9.17, 15) is 22.4 Å². The van der Waals surface area contributed by atoms with E-state index in [4.69, 9.17) is 17.3 Å². The molecule has 1 aliphatic heterocycles. The van der Waals surface area contributed by atoms with Gasteiger partial charge in [-0.25, -0.2) is 12.8 Å². The lowest BCUT2D eigenvalue weighted by Gasteiger charge is -2.32. The van der Waals surface area contributed by atoms with Gasteiger partial charge in [0.2, 0.25) is 10.0 Å². The van der Waals surface area contributed by atoms with Crippen molar-refractivity contribution in [1.82, 2.24) is 24.3 Å². The van der Waals surface area contributed by atoms with Gasteiger partial charge in [0.25, 0.3) is 11.8 Å². The van der Waals surface area contributed by atoms with Crippen molar-refractivity contribution in [3.05, 3.63) is 46.5 Å². The molecule has 2 fully saturated rings. The number of aromatic nitrogens is 2. The van der Waals surface area contributed by atoms with Gasteiger partial charge in [-0.3, -0.25) is 14.3 Å². The Hall–Kier alpha value is -2.54. The fourth-order valence-electron chi connectivity index (χ4n) is 4.69. The number of amides is 2. The average Bonchev–Trinajstić information content (AvgIpc) is 3.36. The number of hydrogen-bond donors (Lipinski definition) is 2. The van der Waals surface area contributed by atoms with Gasteiger partial charge in [-0.2, -0.15) is 9.40 Å². The van der Waals surface area contributed by atoms with Gasteiger partial charge in [-0.05, 0) is 50.8 Å². The predicted octanol–water partition coefficient (Wildman–Crippen LogP) is 1.38. The van der Waals surface area contributed by atoms with Gasteiger partial charge >= 0.3 is 0 Å². The maximum atomic E-state index is 13.8. The summed E-state index contributed by atoms with van der Waals surface area (Å²) in [6, 6.07) is 4.92. The first-order valence-corrected chi connectivity index (χ1v) is 13.2. The molecule has 2 aromatic rings. The predicted molar refractivity (Wildman–Crippen MR) is 126 cm³/mol. The number of aryl methyl sites for hydroxylation is 2. The third kappa shape index (κ3) is 4.92. The zero-order chi connectivity index (χ0) is 25.5. The van der Waals surface area contributed by atoms with E-state index in [1.165, 1.54) is 36.9 Å². The van der Waals surface area contributed by atoms with E-state index in [2.05, 4.69) is 10.4 Å². The SMILES string of the molecule is Cc1nn(C)c(Cl)c1S(=O)(=O)N1CCN(C(=O)c2cccc(F)c2)C1C(=O)NC1CCC(N)CC1. The second kappa shape index (κ2) is 9.84. The molecule has 10 nitrogen and oxygen atoms in total. The minimum atomic E-state index is -4.31. The molecule has 2 aliphatic rings. The van der Waals surface area contributed by atoms with Crippen molar-refractivity contribution in [2.45, 2.75) is 55.8 Å². The quantitative estimate of drug-likeness (QED) is 0.605. The first kappa shape index (κ1) is 25.5. The van der Waals surface area contributed by atoms with Crippen LogP contribution in [0, 0.1) is 12.7 Å². The molecular formula is C22H28ClFN6O4S. The first-order chi connectivity index (χ1) is 16.5. The summed E-state index contributed by atoms with van der Waals surface area (Å²) in [6.45, 7) is 1.31. The van der Waals surface area contributed by atoms with Crippen LogP contribution in [0.1, 0.15) is 41.7 Å². The second-order valence-electron chi connectivity index (χ2n) is 8.95. The van der Waals surface area contributed by atoms with E-state index in [0.717, 1.165) is 28.1 Å². The summed E-state index contributed by atoms with van der Waals surface area (Å²) in [5, 5.41) is 6.87. The number of carbonyl (C=O) groups excluding carboxylic acids is 2. The van der Waals surface area contributed by atoms with Crippen molar-refractivity contribution in [2.24, 2.45) is 12.8 Å². The Morgan fingerprint density at radius 2 is 1.89 bits per heavy atom. The molecule has 0 radical (unpaired) electrons. The lowest BCUT2D eigenvalue weighted by atomic mass is 9.92. The molecule has 1 aromatic heterocycles. The largest absolute Gasteiger partial charge is 0.350 e. The summed E-state index contributed by atoms with van der Waals surface area (Å²) in [4.78, 5) is 27.7. The van der Waals surface area contributed by atoms with Crippen LogP contribution >= 0.6 is 11.6 Å². The van der Waals surface area contributed by atoms with E-state index < -0.39 is 33.8 Å². The summed E-state index contributed by atoms with van der Waals surface area (Å²) < 4.78 is 43.4. The standard InChI is InChI=1S/C22H28ClFN6O4S/c1-13-18(19(23)28(2)27-13)35(33,34)30-11-10-29(22(32)14-4-3-5-15(24)12-14)21(30)20(31)26-17-8-6-16(25)7-9-17/h3-5,12,16-17,21H,6-11,25H2,1-2H3,(H,26,31). The number of sulfonamides is 1. The summed E-state index contributed by atoms with van der Waals surface area (Å²) in [6.07, 6.45) is 1.29. The Kier molecular flexibility index (Phi) is 7.18. The van der Waals surface area contributed by atoms with Crippen molar-refractivity contribution in [3.63, 3.8) is 0 Å². The van der Waals surface area contributed by atoms with Crippen molar-refractivity contribution in [2.75, 3.05) is 13.1 Å². The summed E-state index contributed by atoms with van der Waals surface area (Å²) in [5.74, 6) is -1.90. The van der Waals surface area contributed by atoms with Crippen LogP contribution in [0.15, 0.2) is 29.2 Å². The van der Waals surface area contributed by atoms with Crippen LogP contribution in [-0.2, 0) is 21.9 Å². The maximum Gasteiger partial charge on any atom is 0.259 e. The summed E-state index contributed by atoms with van der Waals surface area (Å²) in [5.41, 5.74) is 6.15. The molecule has 2 amide bonds. The zero-order valence-corrected chi connectivity index (χ0v) is 21.0. The number of carbonyl (C=O) groups is 2. The molecule has 1 aromatic carbocycles. The number of nitrogens with zero attached hydrogens (tertiary/aromatic N) is 4. The van der Waals surface area contributed by atoms with E-state index in [0.29, 0.717) is 12.8 Å². The van der Waals surface area contributed by atoms with Gasteiger partial charge in [0.1, 0.15) is 15.9 Å². The Bertz CT molecular complexity index is 1240. The lowest BCUT2D eigenvalue weighted by Crippen LogP contribution is -2.56. The normalized spacial score (nSPS) is 23.5. The Labute approximate surface area is 208 Å². The van der Waals surface area contributed by atoms with Crippen molar-refractivity contribution >= 4 is 33.4 Å². The molecule has 1 aliphatic carbocycles. The van der Waals surface area contributed by atoms with Crippen LogP contribution in [0.5, 0.6) is 0 Å². The zero-order valence-electron chi connectivity index (χ0n) is 19.4. The highest BCUT2D eigenvalue weighted by Gasteiger charge is 2.48. The molecule has 0 spiro atoms. The Balaban J connectivity index is 1.70. The van der Waals surface area contributed by atoms with Crippen LogP contribution in [0.3, 0.4) is 0 Å². The molecule has 3 N–H and O–H groups in total. The number of halogens is 2. The van der Waals surface area contributed by atoms with Gasteiger partial charge in [0, 0.05) is 37.8 Å². The van der Waals surface area contributed by atoms with Crippen LogP contribution in [0.2, 0.25) is 5.15 Å². The molecule has 190 valence electrons. The van der Waals surface area contributed by atoms with Crippen molar-refractivity contribution in [1.29, 1.82) is 0 Å². The molecule has 35 heavy (non-hydrogen) atoms. The number of nitrogens with one attached hydrogen (secondary N) is 1. The van der Waals surface area contributed by atoms with Crippen molar-refractivity contribution in [3.8, 4) is 0 Å². The average molecular weight is 527 g/mol. The molecular weight excluding hydrogens is 499 g/mol. The fourth-order valence-corrected chi connectivity index (χ4v) is 6.95. The highest BCUT2D eigenvalue weighted by molar-refractivity contribution is 7.89. The molecule has 13 heteroatoms. The molecule has 1 unspecified atom stereocenters. The number of nitrogens with two attached hydrogens (primary N) is 1. The number of benzene rings is 1. The molecule has 0 bridgehead atoms. The van der Waals surface area contributed by atoms with E-state index >= 15 is 0 Å². The van der Waals surface area contributed by atoms with Crippen LogP contribution in [0.25, 0.3) is 0 Å². The summed E-state index contributed by atoms with van der Waals surface area (Å²) in [7, 11) is -2.80. The molecule has 1 atom stereocenters. The molecule has 1 saturated heterocycles. The maximum absolute atomic E-state index is 13.8. The molecule has 4 rings (SSSR count). The highest BCUT2D eigenvalue weighted by atomic mass is 35.5. The topological polar surface area (TPSA) is 131 Å². The van der Waals surface area contributed by atoms with Gasteiger partial charge in [-0.1, -0.05) is 17.7 Å². The lowest BCUT2D eigenvalue weighted by molar-refractivity contribution is -0.128. The second-order valence-corrected chi connectivity index (χ2v) is 11.1. The third-order valence-electron chi connectivity index (χ3n) is 6.48. The highest BCUT2D eigenvalue weighted by Crippen LogP contribution is 2.32. The Morgan fingerprint density at radius 3 is 2.49 bits per heavy atom. The smallest absolute Gasteiger partial charge is 0.259 e. The van der Waals surface area contributed by atoms with Crippen LogP contribution in [-0.4, -0.2) is 70.6 Å². The van der Waals surface area contributed by atoms with E-state index in [-0.39, 0.29) is 46.5 Å². The molecule has 2 heterocycles. The number of hydrogen-bond acceptors (Lipinski definition) is 6. The monoisotopic (exact) mass is 526 g/mol. The number of rotatable bonds is 5. The molecule has 1 saturated carbocycles. The summed E-state index contributed by atoms with van der Waals surface area (Å²) >= 11 is 6.25.